The van der Waals surface area contributed by atoms with Crippen LogP contribution in [0, 0.1) is 0 Å². The lowest BCUT2D eigenvalue weighted by Gasteiger charge is -2.35. The molecule has 0 heterocycles. The maximum absolute atomic E-state index is 5.64. The Bertz CT molecular complexity index is 422. The fraction of sp³-hybridized carbons (Fsp3) is 0.429. The molecule has 2 unspecified atom stereocenters. The van der Waals surface area contributed by atoms with Gasteiger partial charge in [-0.05, 0) is 36.6 Å². The van der Waals surface area contributed by atoms with Gasteiger partial charge in [-0.3, -0.25) is 0 Å². The molecule has 0 bridgehead atoms. The van der Waals surface area contributed by atoms with Gasteiger partial charge in [-0.25, -0.2) is 0 Å². The maximum Gasteiger partial charge on any atom is 0.109 e. The molecule has 1 aliphatic carbocycles. The van der Waals surface area contributed by atoms with Gasteiger partial charge in [-0.1, -0.05) is 24.3 Å². The first-order chi connectivity index (χ1) is 7.62. The fourth-order valence-corrected chi connectivity index (χ4v) is 2.49. The Morgan fingerprint density at radius 3 is 2.50 bits per heavy atom. The molecule has 2 rings (SSSR count). The van der Waals surface area contributed by atoms with Crippen LogP contribution in [-0.4, -0.2) is 14.2 Å². The summed E-state index contributed by atoms with van der Waals surface area (Å²) in [6.45, 7) is 4.17. The third kappa shape index (κ3) is 1.58. The molecule has 86 valence electrons. The lowest BCUT2D eigenvalue weighted by atomic mass is 9.80. The van der Waals surface area contributed by atoms with Crippen molar-refractivity contribution in [2.24, 2.45) is 0 Å². The molecule has 1 aromatic carbocycles. The van der Waals surface area contributed by atoms with Crippen molar-refractivity contribution in [1.29, 1.82) is 0 Å². The summed E-state index contributed by atoms with van der Waals surface area (Å²) in [5.41, 5.74) is 3.25. The number of benzene rings is 1. The number of rotatable bonds is 2. The number of fused-ring (bicyclic) bond motifs is 1. The smallest absolute Gasteiger partial charge is 0.109 e. The number of hydrogen-bond donors (Lipinski definition) is 0. The van der Waals surface area contributed by atoms with Crippen molar-refractivity contribution < 1.29 is 9.47 Å². The molecule has 0 aromatic heterocycles. The van der Waals surface area contributed by atoms with Crippen LogP contribution in [-0.2, 0) is 15.1 Å². The molecule has 0 spiro atoms. The van der Waals surface area contributed by atoms with Gasteiger partial charge < -0.3 is 9.47 Å². The number of methoxy groups -OCH3 is 2. The summed E-state index contributed by atoms with van der Waals surface area (Å²) in [6.07, 6.45) is 2.20. The monoisotopic (exact) mass is 218 g/mol. The van der Waals surface area contributed by atoms with E-state index in [4.69, 9.17) is 9.47 Å². The largest absolute Gasteiger partial charge is 0.372 e. The lowest BCUT2D eigenvalue weighted by molar-refractivity contribution is 0.0324. The molecular weight excluding hydrogens is 200 g/mol. The summed E-state index contributed by atoms with van der Waals surface area (Å²) in [4.78, 5) is 0. The van der Waals surface area contributed by atoms with Gasteiger partial charge in [-0.15, -0.1) is 0 Å². The molecule has 0 fully saturated rings. The van der Waals surface area contributed by atoms with E-state index in [1.165, 1.54) is 16.7 Å². The zero-order chi connectivity index (χ0) is 11.8. The summed E-state index contributed by atoms with van der Waals surface area (Å²) >= 11 is 0. The third-order valence-corrected chi connectivity index (χ3v) is 3.35. The van der Waals surface area contributed by atoms with Crippen LogP contribution < -0.4 is 0 Å². The average Bonchev–Trinajstić information content (AvgIpc) is 2.30. The molecule has 2 heteroatoms. The Hall–Kier alpha value is -1.12. The van der Waals surface area contributed by atoms with Gasteiger partial charge in [0.05, 0.1) is 0 Å². The molecule has 0 amide bonds. The van der Waals surface area contributed by atoms with E-state index in [1.54, 1.807) is 14.2 Å². The third-order valence-electron chi connectivity index (χ3n) is 3.35. The van der Waals surface area contributed by atoms with Crippen LogP contribution in [0.25, 0.3) is 0 Å². The van der Waals surface area contributed by atoms with Gasteiger partial charge in [0.2, 0.25) is 0 Å². The Morgan fingerprint density at radius 2 is 1.88 bits per heavy atom. The average molecular weight is 218 g/mol. The molecule has 2 nitrogen and oxygen atoms in total. The highest BCUT2D eigenvalue weighted by molar-refractivity contribution is 5.44. The summed E-state index contributed by atoms with van der Waals surface area (Å²) in [7, 11) is 3.49. The standard InChI is InChI=1S/C14H18O2/c1-10-9-14(2,16-4)12-8-6-5-7-11(12)13(10)15-3/h5-9,13H,1-4H3. The van der Waals surface area contributed by atoms with Gasteiger partial charge in [0.25, 0.3) is 0 Å². The van der Waals surface area contributed by atoms with Crippen LogP contribution in [0.3, 0.4) is 0 Å². The van der Waals surface area contributed by atoms with E-state index in [0.29, 0.717) is 0 Å². The quantitative estimate of drug-likeness (QED) is 0.710. The summed E-state index contributed by atoms with van der Waals surface area (Å²) in [6, 6.07) is 8.29. The highest BCUT2D eigenvalue weighted by Gasteiger charge is 2.34. The van der Waals surface area contributed by atoms with Crippen molar-refractivity contribution in [3.05, 3.63) is 47.0 Å². The molecule has 0 saturated carbocycles. The minimum absolute atomic E-state index is 0.0550. The van der Waals surface area contributed by atoms with Crippen LogP contribution in [0.2, 0.25) is 0 Å². The first-order valence-electron chi connectivity index (χ1n) is 5.49. The molecule has 0 saturated heterocycles. The van der Waals surface area contributed by atoms with E-state index >= 15 is 0 Å². The fourth-order valence-electron chi connectivity index (χ4n) is 2.49. The first kappa shape index (κ1) is 11.4. The van der Waals surface area contributed by atoms with Gasteiger partial charge in [0.1, 0.15) is 11.7 Å². The van der Waals surface area contributed by atoms with Crippen molar-refractivity contribution in [3.63, 3.8) is 0 Å². The van der Waals surface area contributed by atoms with Crippen molar-refractivity contribution in [3.8, 4) is 0 Å². The predicted molar refractivity (Wildman–Crippen MR) is 64.3 cm³/mol. The summed E-state index contributed by atoms with van der Waals surface area (Å²) < 4.78 is 11.2. The molecule has 1 aliphatic rings. The Morgan fingerprint density at radius 1 is 1.19 bits per heavy atom. The maximum atomic E-state index is 5.64. The summed E-state index contributed by atoms with van der Waals surface area (Å²) in [5.74, 6) is 0. The van der Waals surface area contributed by atoms with Crippen molar-refractivity contribution in [2.75, 3.05) is 14.2 Å². The van der Waals surface area contributed by atoms with Crippen LogP contribution >= 0.6 is 0 Å². The Labute approximate surface area is 96.9 Å². The second-order valence-electron chi connectivity index (χ2n) is 4.40. The minimum atomic E-state index is -0.338. The van der Waals surface area contributed by atoms with E-state index in [1.807, 2.05) is 12.1 Å². The first-order valence-corrected chi connectivity index (χ1v) is 5.49. The van der Waals surface area contributed by atoms with E-state index in [-0.39, 0.29) is 11.7 Å². The zero-order valence-corrected chi connectivity index (χ0v) is 10.3. The van der Waals surface area contributed by atoms with Crippen molar-refractivity contribution in [2.45, 2.75) is 25.6 Å². The summed E-state index contributed by atoms with van der Waals surface area (Å²) in [5, 5.41) is 0. The highest BCUT2D eigenvalue weighted by atomic mass is 16.5. The second-order valence-corrected chi connectivity index (χ2v) is 4.40. The van der Waals surface area contributed by atoms with Crippen LogP contribution in [0.15, 0.2) is 35.9 Å². The molecule has 1 aromatic rings. The molecule has 0 aliphatic heterocycles. The van der Waals surface area contributed by atoms with Gasteiger partial charge >= 0.3 is 0 Å². The van der Waals surface area contributed by atoms with Crippen molar-refractivity contribution in [1.82, 2.24) is 0 Å². The van der Waals surface area contributed by atoms with Crippen LogP contribution in [0.5, 0.6) is 0 Å². The molecule has 2 atom stereocenters. The van der Waals surface area contributed by atoms with Crippen LogP contribution in [0.1, 0.15) is 31.1 Å². The molecule has 0 N–H and O–H groups in total. The second kappa shape index (κ2) is 4.04. The number of hydrogen-bond acceptors (Lipinski definition) is 2. The van der Waals surface area contributed by atoms with E-state index < -0.39 is 0 Å². The normalized spacial score (nSPS) is 28.5. The predicted octanol–water partition coefficient (Wildman–Crippen LogP) is 3.20. The Balaban J connectivity index is 2.61. The van der Waals surface area contributed by atoms with E-state index in [2.05, 4.69) is 32.1 Å². The number of ether oxygens (including phenoxy) is 2. The minimum Gasteiger partial charge on any atom is -0.372 e. The zero-order valence-electron chi connectivity index (χ0n) is 10.3. The van der Waals surface area contributed by atoms with Gasteiger partial charge in [-0.2, -0.15) is 0 Å². The Kier molecular flexibility index (Phi) is 2.87. The van der Waals surface area contributed by atoms with Crippen LogP contribution in [0.4, 0.5) is 0 Å². The molecular formula is C14H18O2. The van der Waals surface area contributed by atoms with Gasteiger partial charge in [0.15, 0.2) is 0 Å². The van der Waals surface area contributed by atoms with E-state index in [9.17, 15) is 0 Å². The van der Waals surface area contributed by atoms with Crippen molar-refractivity contribution >= 4 is 0 Å². The lowest BCUT2D eigenvalue weighted by Crippen LogP contribution is -2.29. The SMILES string of the molecule is COC1C(C)=CC(C)(OC)c2ccccc21. The van der Waals surface area contributed by atoms with E-state index in [0.717, 1.165) is 0 Å². The molecule has 16 heavy (non-hydrogen) atoms. The topological polar surface area (TPSA) is 18.5 Å². The molecule has 0 radical (unpaired) electrons. The van der Waals surface area contributed by atoms with Gasteiger partial charge in [0, 0.05) is 14.2 Å². The highest BCUT2D eigenvalue weighted by Crippen LogP contribution is 2.42.